The van der Waals surface area contributed by atoms with E-state index in [9.17, 15) is 13.2 Å². The first-order valence-corrected chi connectivity index (χ1v) is 9.43. The van der Waals surface area contributed by atoms with E-state index in [4.69, 9.17) is 4.42 Å². The van der Waals surface area contributed by atoms with Gasteiger partial charge in [0, 0.05) is 5.56 Å². The van der Waals surface area contributed by atoms with Crippen LogP contribution in [0.5, 0.6) is 0 Å². The highest BCUT2D eigenvalue weighted by Crippen LogP contribution is 2.21. The maximum atomic E-state index is 12.5. The maximum Gasteiger partial charge on any atom is 0.261 e. The van der Waals surface area contributed by atoms with Gasteiger partial charge in [0.05, 0.1) is 23.4 Å². The van der Waals surface area contributed by atoms with Gasteiger partial charge in [-0.3, -0.25) is 9.52 Å². The Balaban J connectivity index is 1.78. The standard InChI is InChI=1S/C19H18N2O4S/c1-14-9-10-15(19(22)20-13-16-6-5-11-25-16)12-18(14)21-26(23,24)17-7-3-2-4-8-17/h2-12,21H,13H2,1H3,(H,20,22). The fourth-order valence-corrected chi connectivity index (χ4v) is 3.50. The Labute approximate surface area is 151 Å². The van der Waals surface area contributed by atoms with Crippen LogP contribution in [-0.2, 0) is 16.6 Å². The fourth-order valence-electron chi connectivity index (χ4n) is 2.36. The molecule has 0 radical (unpaired) electrons. The second-order valence-electron chi connectivity index (χ2n) is 5.71. The number of amides is 1. The van der Waals surface area contributed by atoms with E-state index in [1.54, 1.807) is 49.4 Å². The first-order chi connectivity index (χ1) is 12.5. The van der Waals surface area contributed by atoms with Gasteiger partial charge in [-0.25, -0.2) is 8.42 Å². The summed E-state index contributed by atoms with van der Waals surface area (Å²) in [7, 11) is -3.72. The van der Waals surface area contributed by atoms with Crippen LogP contribution in [0.1, 0.15) is 21.7 Å². The summed E-state index contributed by atoms with van der Waals surface area (Å²) in [6.07, 6.45) is 1.53. The van der Waals surface area contributed by atoms with Crippen molar-refractivity contribution in [3.05, 3.63) is 83.8 Å². The maximum absolute atomic E-state index is 12.5. The predicted octanol–water partition coefficient (Wildman–Crippen LogP) is 3.32. The molecule has 2 aromatic carbocycles. The van der Waals surface area contributed by atoms with Crippen molar-refractivity contribution in [3.8, 4) is 0 Å². The second-order valence-corrected chi connectivity index (χ2v) is 7.39. The number of anilines is 1. The molecular formula is C19H18N2O4S. The van der Waals surface area contributed by atoms with Gasteiger partial charge in [0.15, 0.2) is 0 Å². The molecule has 134 valence electrons. The van der Waals surface area contributed by atoms with Crippen LogP contribution in [0.2, 0.25) is 0 Å². The van der Waals surface area contributed by atoms with E-state index in [-0.39, 0.29) is 17.3 Å². The van der Waals surface area contributed by atoms with Gasteiger partial charge in [-0.1, -0.05) is 24.3 Å². The molecule has 6 nitrogen and oxygen atoms in total. The van der Waals surface area contributed by atoms with Crippen molar-refractivity contribution >= 4 is 21.6 Å². The van der Waals surface area contributed by atoms with E-state index >= 15 is 0 Å². The Morgan fingerprint density at radius 1 is 1.04 bits per heavy atom. The zero-order chi connectivity index (χ0) is 18.6. The zero-order valence-corrected chi connectivity index (χ0v) is 14.9. The van der Waals surface area contributed by atoms with Gasteiger partial charge in [-0.05, 0) is 48.9 Å². The molecular weight excluding hydrogens is 352 g/mol. The van der Waals surface area contributed by atoms with Crippen molar-refractivity contribution in [1.29, 1.82) is 0 Å². The summed E-state index contributed by atoms with van der Waals surface area (Å²) in [6.45, 7) is 2.03. The van der Waals surface area contributed by atoms with Crippen LogP contribution < -0.4 is 10.0 Å². The summed E-state index contributed by atoms with van der Waals surface area (Å²) in [5, 5.41) is 2.73. The molecule has 2 N–H and O–H groups in total. The zero-order valence-electron chi connectivity index (χ0n) is 14.1. The van der Waals surface area contributed by atoms with Gasteiger partial charge >= 0.3 is 0 Å². The lowest BCUT2D eigenvalue weighted by Gasteiger charge is -2.12. The molecule has 3 aromatic rings. The van der Waals surface area contributed by atoms with E-state index in [0.29, 0.717) is 22.6 Å². The second kappa shape index (κ2) is 7.45. The van der Waals surface area contributed by atoms with Gasteiger partial charge in [0.1, 0.15) is 5.76 Å². The first-order valence-electron chi connectivity index (χ1n) is 7.95. The van der Waals surface area contributed by atoms with Gasteiger partial charge < -0.3 is 9.73 Å². The third kappa shape index (κ3) is 4.12. The average Bonchev–Trinajstić information content (AvgIpc) is 3.16. The van der Waals surface area contributed by atoms with Gasteiger partial charge in [0.25, 0.3) is 15.9 Å². The monoisotopic (exact) mass is 370 g/mol. The summed E-state index contributed by atoms with van der Waals surface area (Å²) < 4.78 is 32.7. The molecule has 26 heavy (non-hydrogen) atoms. The molecule has 3 rings (SSSR count). The molecule has 1 heterocycles. The third-order valence-corrected chi connectivity index (χ3v) is 5.18. The molecule has 0 spiro atoms. The number of furan rings is 1. The summed E-state index contributed by atoms with van der Waals surface area (Å²) in [6, 6.07) is 16.4. The fraction of sp³-hybridized carbons (Fsp3) is 0.105. The van der Waals surface area contributed by atoms with E-state index in [0.717, 1.165) is 0 Å². The summed E-state index contributed by atoms with van der Waals surface area (Å²) in [5.41, 5.74) is 1.43. The molecule has 0 unspecified atom stereocenters. The lowest BCUT2D eigenvalue weighted by molar-refractivity contribution is 0.0948. The molecule has 0 fully saturated rings. The Morgan fingerprint density at radius 2 is 1.81 bits per heavy atom. The van der Waals surface area contributed by atoms with Crippen LogP contribution >= 0.6 is 0 Å². The normalized spacial score (nSPS) is 11.1. The molecule has 0 aliphatic carbocycles. The number of sulfonamides is 1. The Kier molecular flexibility index (Phi) is 5.09. The van der Waals surface area contributed by atoms with Gasteiger partial charge in [-0.15, -0.1) is 0 Å². The van der Waals surface area contributed by atoms with Crippen LogP contribution in [0, 0.1) is 6.92 Å². The van der Waals surface area contributed by atoms with E-state index in [2.05, 4.69) is 10.0 Å². The lowest BCUT2D eigenvalue weighted by Crippen LogP contribution is -2.23. The first kappa shape index (κ1) is 17.8. The molecule has 0 aliphatic rings. The van der Waals surface area contributed by atoms with Crippen LogP contribution in [-0.4, -0.2) is 14.3 Å². The number of rotatable bonds is 6. The molecule has 0 bridgehead atoms. The molecule has 0 aliphatic heterocycles. The van der Waals surface area contributed by atoms with Crippen LogP contribution in [0.4, 0.5) is 5.69 Å². The van der Waals surface area contributed by atoms with Crippen LogP contribution in [0.15, 0.2) is 76.2 Å². The molecule has 0 saturated carbocycles. The molecule has 1 amide bonds. The van der Waals surface area contributed by atoms with Gasteiger partial charge in [0.2, 0.25) is 0 Å². The summed E-state index contributed by atoms with van der Waals surface area (Å²) in [5.74, 6) is 0.317. The van der Waals surface area contributed by atoms with Crippen molar-refractivity contribution in [3.63, 3.8) is 0 Å². The van der Waals surface area contributed by atoms with Crippen molar-refractivity contribution in [2.45, 2.75) is 18.4 Å². The Bertz CT molecular complexity index is 997. The highest BCUT2D eigenvalue weighted by Gasteiger charge is 2.16. The largest absolute Gasteiger partial charge is 0.467 e. The molecule has 0 saturated heterocycles. The number of hydrogen-bond donors (Lipinski definition) is 2. The van der Waals surface area contributed by atoms with Crippen molar-refractivity contribution in [2.24, 2.45) is 0 Å². The number of hydrogen-bond acceptors (Lipinski definition) is 4. The predicted molar refractivity (Wildman–Crippen MR) is 98.3 cm³/mol. The highest BCUT2D eigenvalue weighted by molar-refractivity contribution is 7.92. The van der Waals surface area contributed by atoms with Crippen LogP contribution in [0.3, 0.4) is 0 Å². The van der Waals surface area contributed by atoms with Crippen molar-refractivity contribution < 1.29 is 17.6 Å². The number of carbonyl (C=O) groups is 1. The molecule has 7 heteroatoms. The number of aryl methyl sites for hydroxylation is 1. The minimum Gasteiger partial charge on any atom is -0.467 e. The lowest BCUT2D eigenvalue weighted by atomic mass is 10.1. The smallest absolute Gasteiger partial charge is 0.261 e. The highest BCUT2D eigenvalue weighted by atomic mass is 32.2. The number of carbonyl (C=O) groups excluding carboxylic acids is 1. The van der Waals surface area contributed by atoms with E-state index in [1.165, 1.54) is 24.5 Å². The quantitative estimate of drug-likeness (QED) is 0.697. The summed E-state index contributed by atoms with van der Waals surface area (Å²) >= 11 is 0. The van der Waals surface area contributed by atoms with Crippen LogP contribution in [0.25, 0.3) is 0 Å². The minimum atomic E-state index is -3.72. The average molecular weight is 370 g/mol. The molecule has 1 aromatic heterocycles. The number of nitrogens with one attached hydrogen (secondary N) is 2. The van der Waals surface area contributed by atoms with Crippen molar-refractivity contribution in [1.82, 2.24) is 5.32 Å². The third-order valence-electron chi connectivity index (χ3n) is 3.80. The van der Waals surface area contributed by atoms with Crippen molar-refractivity contribution in [2.75, 3.05) is 4.72 Å². The molecule has 0 atom stereocenters. The Hall–Kier alpha value is -3.06. The SMILES string of the molecule is Cc1ccc(C(=O)NCc2ccco2)cc1NS(=O)(=O)c1ccccc1. The topological polar surface area (TPSA) is 88.4 Å². The minimum absolute atomic E-state index is 0.159. The summed E-state index contributed by atoms with van der Waals surface area (Å²) in [4.78, 5) is 12.5. The van der Waals surface area contributed by atoms with E-state index < -0.39 is 10.0 Å². The number of benzene rings is 2. The van der Waals surface area contributed by atoms with Gasteiger partial charge in [-0.2, -0.15) is 0 Å². The Morgan fingerprint density at radius 3 is 2.50 bits per heavy atom. The van der Waals surface area contributed by atoms with E-state index in [1.807, 2.05) is 0 Å².